The van der Waals surface area contributed by atoms with Crippen LogP contribution in [0, 0.1) is 0 Å². The number of rotatable bonds is 4. The molecule has 0 spiro atoms. The number of hydrogen-bond donors (Lipinski definition) is 2. The van der Waals surface area contributed by atoms with E-state index >= 15 is 0 Å². The number of benzene rings is 1. The molecule has 0 unspecified atom stereocenters. The Morgan fingerprint density at radius 3 is 2.88 bits per heavy atom. The fourth-order valence-electron chi connectivity index (χ4n) is 3.15. The molecule has 0 atom stereocenters. The number of nitrogens with one attached hydrogen (secondary N) is 1. The Balaban J connectivity index is 1.78. The lowest BCUT2D eigenvalue weighted by Gasteiger charge is -2.17. The number of aromatic nitrogens is 1. The molecule has 2 aromatic rings. The van der Waals surface area contributed by atoms with Crippen LogP contribution in [0.15, 0.2) is 28.4 Å². The van der Waals surface area contributed by atoms with Crippen molar-refractivity contribution in [2.24, 2.45) is 10.2 Å². The van der Waals surface area contributed by atoms with E-state index in [-0.39, 0.29) is 24.0 Å². The Hall–Kier alpha value is -2.70. The molecular weight excluding hydrogens is 332 g/mol. The highest BCUT2D eigenvalue weighted by molar-refractivity contribution is 5.95. The van der Waals surface area contributed by atoms with Crippen molar-refractivity contribution in [1.29, 1.82) is 0 Å². The summed E-state index contributed by atoms with van der Waals surface area (Å²) >= 11 is 0. The smallest absolute Gasteiger partial charge is 0.283 e. The summed E-state index contributed by atoms with van der Waals surface area (Å²) in [6.07, 6.45) is 3.24. The molecule has 2 N–H and O–H groups in total. The molecule has 0 radical (unpaired) electrons. The van der Waals surface area contributed by atoms with E-state index in [1.54, 1.807) is 4.90 Å². The van der Waals surface area contributed by atoms with E-state index in [1.165, 1.54) is 0 Å². The number of hydrogen-bond acceptors (Lipinski definition) is 4. The summed E-state index contributed by atoms with van der Waals surface area (Å²) in [5.41, 5.74) is 2.09. The predicted octanol–water partition coefficient (Wildman–Crippen LogP) is 4.01. The van der Waals surface area contributed by atoms with Gasteiger partial charge in [-0.05, 0) is 36.5 Å². The van der Waals surface area contributed by atoms with E-state index in [2.05, 4.69) is 29.1 Å². The summed E-state index contributed by atoms with van der Waals surface area (Å²) in [4.78, 5) is 28.5. The molecule has 0 saturated carbocycles. The Morgan fingerprint density at radius 1 is 1.31 bits per heavy atom. The van der Waals surface area contributed by atoms with Crippen LogP contribution in [0.25, 0.3) is 10.9 Å². The average molecular weight is 356 g/mol. The summed E-state index contributed by atoms with van der Waals surface area (Å²) in [5, 5.41) is 18.5. The largest absolute Gasteiger partial charge is 0.493 e. The second kappa shape index (κ2) is 7.68. The number of likely N-dealkylation sites (tertiary alicyclic amines) is 1. The van der Waals surface area contributed by atoms with Crippen LogP contribution in [0.5, 0.6) is 5.88 Å². The lowest BCUT2D eigenvalue weighted by Crippen LogP contribution is -2.34. The molecule has 26 heavy (non-hydrogen) atoms. The maximum atomic E-state index is 12.1. The van der Waals surface area contributed by atoms with Crippen LogP contribution in [0.1, 0.15) is 51.0 Å². The molecule has 1 aromatic heterocycles. The number of carbonyl (C=O) groups is 2. The van der Waals surface area contributed by atoms with Gasteiger partial charge >= 0.3 is 0 Å². The summed E-state index contributed by atoms with van der Waals surface area (Å²) in [6, 6.07) is 5.80. The van der Waals surface area contributed by atoms with E-state index < -0.39 is 5.91 Å². The number of azo groups is 1. The third kappa shape index (κ3) is 3.92. The molecule has 1 saturated heterocycles. The molecule has 0 aliphatic carbocycles. The SMILES string of the molecule is CC(C)c1ccc2[nH]c(O)c(N=NC(=O)CN3CCCCCC3=O)c2c1. The second-order valence-electron chi connectivity index (χ2n) is 7.00. The predicted molar refractivity (Wildman–Crippen MR) is 98.6 cm³/mol. The summed E-state index contributed by atoms with van der Waals surface area (Å²) < 4.78 is 0. The first kappa shape index (κ1) is 18.1. The van der Waals surface area contributed by atoms with Crippen molar-refractivity contribution in [3.63, 3.8) is 0 Å². The van der Waals surface area contributed by atoms with Gasteiger partial charge in [0, 0.05) is 18.4 Å². The lowest BCUT2D eigenvalue weighted by atomic mass is 10.0. The van der Waals surface area contributed by atoms with Crippen LogP contribution in [-0.2, 0) is 9.59 Å². The minimum Gasteiger partial charge on any atom is -0.493 e. The van der Waals surface area contributed by atoms with Gasteiger partial charge in [0.05, 0.1) is 5.52 Å². The number of fused-ring (bicyclic) bond motifs is 1. The monoisotopic (exact) mass is 356 g/mol. The molecule has 1 fully saturated rings. The highest BCUT2D eigenvalue weighted by Crippen LogP contribution is 2.36. The first-order chi connectivity index (χ1) is 12.5. The zero-order chi connectivity index (χ0) is 18.7. The van der Waals surface area contributed by atoms with E-state index in [4.69, 9.17) is 0 Å². The van der Waals surface area contributed by atoms with E-state index in [1.807, 2.05) is 18.2 Å². The quantitative estimate of drug-likeness (QED) is 0.810. The molecule has 0 bridgehead atoms. The van der Waals surface area contributed by atoms with Gasteiger partial charge in [0.1, 0.15) is 6.54 Å². The van der Waals surface area contributed by atoms with Crippen molar-refractivity contribution in [3.8, 4) is 5.88 Å². The first-order valence-electron chi connectivity index (χ1n) is 9.02. The molecule has 2 heterocycles. The summed E-state index contributed by atoms with van der Waals surface area (Å²) in [6.45, 7) is 4.67. The molecule has 7 heteroatoms. The van der Waals surface area contributed by atoms with Crippen LogP contribution in [-0.4, -0.2) is 39.9 Å². The fraction of sp³-hybridized carbons (Fsp3) is 0.474. The van der Waals surface area contributed by atoms with Gasteiger partial charge in [0.15, 0.2) is 5.69 Å². The zero-order valence-corrected chi connectivity index (χ0v) is 15.2. The number of aromatic amines is 1. The van der Waals surface area contributed by atoms with Crippen molar-refractivity contribution < 1.29 is 14.7 Å². The average Bonchev–Trinajstić information content (AvgIpc) is 2.78. The molecular formula is C19H24N4O3. The Kier molecular flexibility index (Phi) is 5.35. The Bertz CT molecular complexity index is 854. The summed E-state index contributed by atoms with van der Waals surface area (Å²) in [5.74, 6) is -0.295. The normalized spacial score (nSPS) is 16.0. The van der Waals surface area contributed by atoms with Crippen molar-refractivity contribution in [2.45, 2.75) is 45.4 Å². The maximum Gasteiger partial charge on any atom is 0.283 e. The fourth-order valence-corrected chi connectivity index (χ4v) is 3.15. The van der Waals surface area contributed by atoms with E-state index in [9.17, 15) is 14.7 Å². The van der Waals surface area contributed by atoms with Crippen molar-refractivity contribution in [3.05, 3.63) is 23.8 Å². The number of aromatic hydroxyl groups is 1. The van der Waals surface area contributed by atoms with Gasteiger partial charge in [-0.15, -0.1) is 10.2 Å². The van der Waals surface area contributed by atoms with Crippen LogP contribution < -0.4 is 0 Å². The Morgan fingerprint density at radius 2 is 2.12 bits per heavy atom. The molecule has 138 valence electrons. The minimum absolute atomic E-state index is 0.0115. The first-order valence-corrected chi connectivity index (χ1v) is 9.02. The third-order valence-electron chi connectivity index (χ3n) is 4.70. The van der Waals surface area contributed by atoms with Gasteiger partial charge in [-0.2, -0.15) is 0 Å². The molecule has 1 aliphatic heterocycles. The standard InChI is InChI=1S/C19H24N4O3/c1-12(2)13-7-8-15-14(10-13)18(19(26)20-15)22-21-16(24)11-23-9-5-3-4-6-17(23)25/h7-8,10,12,20,26H,3-6,9,11H2,1-2H3. The third-order valence-corrected chi connectivity index (χ3v) is 4.70. The Labute approximate surface area is 152 Å². The maximum absolute atomic E-state index is 12.1. The molecule has 2 amide bonds. The summed E-state index contributed by atoms with van der Waals surface area (Å²) in [7, 11) is 0. The van der Waals surface area contributed by atoms with Crippen molar-refractivity contribution in [2.75, 3.05) is 13.1 Å². The number of amides is 2. The number of H-pyrrole nitrogens is 1. The second-order valence-corrected chi connectivity index (χ2v) is 7.00. The topological polar surface area (TPSA) is 98.1 Å². The molecule has 1 aliphatic rings. The van der Waals surface area contributed by atoms with Gasteiger partial charge in [-0.25, -0.2) is 0 Å². The molecule has 3 rings (SSSR count). The minimum atomic E-state index is -0.492. The van der Waals surface area contributed by atoms with E-state index in [0.717, 1.165) is 35.7 Å². The van der Waals surface area contributed by atoms with E-state index in [0.29, 0.717) is 18.9 Å². The highest BCUT2D eigenvalue weighted by Gasteiger charge is 2.19. The van der Waals surface area contributed by atoms with Gasteiger partial charge in [-0.3, -0.25) is 9.59 Å². The highest BCUT2D eigenvalue weighted by atomic mass is 16.3. The van der Waals surface area contributed by atoms with Crippen LogP contribution in [0.3, 0.4) is 0 Å². The van der Waals surface area contributed by atoms with Crippen molar-refractivity contribution >= 4 is 28.4 Å². The van der Waals surface area contributed by atoms with Crippen LogP contribution in [0.4, 0.5) is 5.69 Å². The van der Waals surface area contributed by atoms with Crippen LogP contribution in [0.2, 0.25) is 0 Å². The van der Waals surface area contributed by atoms with Crippen molar-refractivity contribution in [1.82, 2.24) is 9.88 Å². The number of nitrogens with zero attached hydrogens (tertiary/aromatic N) is 3. The van der Waals surface area contributed by atoms with Gasteiger partial charge in [0.25, 0.3) is 5.91 Å². The van der Waals surface area contributed by atoms with Crippen LogP contribution >= 0.6 is 0 Å². The van der Waals surface area contributed by atoms with Gasteiger partial charge in [0.2, 0.25) is 11.8 Å². The number of carbonyl (C=O) groups excluding carboxylic acids is 2. The zero-order valence-electron chi connectivity index (χ0n) is 15.2. The van der Waals surface area contributed by atoms with Gasteiger partial charge in [-0.1, -0.05) is 26.3 Å². The molecule has 7 nitrogen and oxygen atoms in total. The lowest BCUT2D eigenvalue weighted by molar-refractivity contribution is -0.134. The molecule has 1 aromatic carbocycles. The van der Waals surface area contributed by atoms with Gasteiger partial charge < -0.3 is 15.0 Å².